The normalized spacial score (nSPS) is 29.9. The number of nitrogens with one attached hydrogen (secondary N) is 2. The Morgan fingerprint density at radius 2 is 1.85 bits per heavy atom. The lowest BCUT2D eigenvalue weighted by atomic mass is 9.93. The third-order valence-corrected chi connectivity index (χ3v) is 4.96. The molecule has 0 amide bonds. The Kier molecular flexibility index (Phi) is 4.71. The van der Waals surface area contributed by atoms with Crippen LogP contribution >= 0.6 is 0 Å². The topological polar surface area (TPSA) is 44.3 Å². The molecule has 0 bridgehead atoms. The molecule has 2 aliphatic rings. The highest BCUT2D eigenvalue weighted by Gasteiger charge is 2.34. The molecule has 1 saturated heterocycles. The summed E-state index contributed by atoms with van der Waals surface area (Å²) in [5, 5.41) is 16.5. The van der Waals surface area contributed by atoms with Gasteiger partial charge >= 0.3 is 0 Å². The molecular weight excluding hydrogens is 248 g/mol. The molecule has 20 heavy (non-hydrogen) atoms. The number of benzene rings is 1. The third kappa shape index (κ3) is 3.22. The van der Waals surface area contributed by atoms with Gasteiger partial charge in [-0.25, -0.2) is 0 Å². The summed E-state index contributed by atoms with van der Waals surface area (Å²) >= 11 is 0. The molecule has 1 heterocycles. The van der Waals surface area contributed by atoms with E-state index in [0.29, 0.717) is 6.04 Å². The summed E-state index contributed by atoms with van der Waals surface area (Å²) in [6.45, 7) is 2.28. The van der Waals surface area contributed by atoms with Gasteiger partial charge in [0.15, 0.2) is 0 Å². The van der Waals surface area contributed by atoms with Crippen molar-refractivity contribution < 1.29 is 5.11 Å². The van der Waals surface area contributed by atoms with Crippen LogP contribution in [0.4, 0.5) is 0 Å². The Labute approximate surface area is 121 Å². The van der Waals surface area contributed by atoms with Gasteiger partial charge in [-0.1, -0.05) is 30.7 Å². The van der Waals surface area contributed by atoms with Crippen LogP contribution in [-0.2, 0) is 13.2 Å². The van der Waals surface area contributed by atoms with Crippen LogP contribution < -0.4 is 10.6 Å². The van der Waals surface area contributed by atoms with Gasteiger partial charge < -0.3 is 15.7 Å². The summed E-state index contributed by atoms with van der Waals surface area (Å²) in [5.41, 5.74) is 2.30. The predicted molar refractivity (Wildman–Crippen MR) is 81.4 cm³/mol. The standard InChI is InChI=1S/C17H26N2O/c20-12-14-8-6-13(7-9-14)11-19-17-4-1-3-15(17)16-5-2-10-18-16/h6-9,15-20H,1-5,10-12H2. The zero-order valence-corrected chi connectivity index (χ0v) is 12.1. The van der Waals surface area contributed by atoms with Gasteiger partial charge in [-0.3, -0.25) is 0 Å². The first-order chi connectivity index (χ1) is 9.86. The lowest BCUT2D eigenvalue weighted by Gasteiger charge is -2.26. The SMILES string of the molecule is OCc1ccc(CNC2CCCC2C2CCCN2)cc1. The summed E-state index contributed by atoms with van der Waals surface area (Å²) in [4.78, 5) is 0. The lowest BCUT2D eigenvalue weighted by molar-refractivity contribution is 0.282. The van der Waals surface area contributed by atoms with Crippen LogP contribution in [-0.4, -0.2) is 23.7 Å². The fourth-order valence-corrected chi connectivity index (χ4v) is 3.81. The van der Waals surface area contributed by atoms with Crippen molar-refractivity contribution in [3.63, 3.8) is 0 Å². The van der Waals surface area contributed by atoms with Gasteiger partial charge in [-0.2, -0.15) is 0 Å². The molecule has 0 aromatic heterocycles. The molecule has 3 nitrogen and oxygen atoms in total. The van der Waals surface area contributed by atoms with E-state index in [9.17, 15) is 0 Å². The van der Waals surface area contributed by atoms with Crippen LogP contribution in [0, 0.1) is 5.92 Å². The average molecular weight is 274 g/mol. The predicted octanol–water partition coefficient (Wildman–Crippen LogP) is 2.19. The Morgan fingerprint density at radius 1 is 1.05 bits per heavy atom. The zero-order chi connectivity index (χ0) is 13.8. The summed E-state index contributed by atoms with van der Waals surface area (Å²) in [6, 6.07) is 9.69. The second kappa shape index (κ2) is 6.70. The number of rotatable bonds is 5. The van der Waals surface area contributed by atoms with Gasteiger partial charge in [-0.05, 0) is 49.3 Å². The van der Waals surface area contributed by atoms with Crippen molar-refractivity contribution in [3.05, 3.63) is 35.4 Å². The van der Waals surface area contributed by atoms with Crippen LogP contribution in [0.25, 0.3) is 0 Å². The summed E-state index contributed by atoms with van der Waals surface area (Å²) in [6.07, 6.45) is 6.75. The van der Waals surface area contributed by atoms with E-state index in [1.165, 1.54) is 44.2 Å². The molecule has 3 heteroatoms. The van der Waals surface area contributed by atoms with Crippen LogP contribution in [0.1, 0.15) is 43.2 Å². The highest BCUT2D eigenvalue weighted by molar-refractivity contribution is 5.21. The molecule has 3 unspecified atom stereocenters. The molecule has 1 aromatic rings. The van der Waals surface area contributed by atoms with E-state index in [1.807, 2.05) is 12.1 Å². The van der Waals surface area contributed by atoms with Gasteiger partial charge in [0, 0.05) is 18.6 Å². The van der Waals surface area contributed by atoms with E-state index in [2.05, 4.69) is 22.8 Å². The number of aliphatic hydroxyl groups excluding tert-OH is 1. The quantitative estimate of drug-likeness (QED) is 0.771. The van der Waals surface area contributed by atoms with E-state index in [0.717, 1.165) is 24.1 Å². The zero-order valence-electron chi connectivity index (χ0n) is 12.1. The van der Waals surface area contributed by atoms with Gasteiger partial charge in [-0.15, -0.1) is 0 Å². The molecule has 1 aromatic carbocycles. The van der Waals surface area contributed by atoms with Gasteiger partial charge in [0.05, 0.1) is 6.61 Å². The Hall–Kier alpha value is -0.900. The number of hydrogen-bond donors (Lipinski definition) is 3. The van der Waals surface area contributed by atoms with Crippen molar-refractivity contribution in [2.45, 2.75) is 57.3 Å². The maximum atomic E-state index is 9.06. The van der Waals surface area contributed by atoms with Crippen molar-refractivity contribution in [1.82, 2.24) is 10.6 Å². The van der Waals surface area contributed by atoms with Crippen LogP contribution in [0.2, 0.25) is 0 Å². The second-order valence-electron chi connectivity index (χ2n) is 6.26. The first-order valence-electron chi connectivity index (χ1n) is 8.02. The van der Waals surface area contributed by atoms with Crippen LogP contribution in [0.3, 0.4) is 0 Å². The molecule has 110 valence electrons. The van der Waals surface area contributed by atoms with Gasteiger partial charge in [0.2, 0.25) is 0 Å². The minimum Gasteiger partial charge on any atom is -0.392 e. The average Bonchev–Trinajstić information content (AvgIpc) is 3.16. The summed E-state index contributed by atoms with van der Waals surface area (Å²) < 4.78 is 0. The Bertz CT molecular complexity index is 412. The minimum absolute atomic E-state index is 0.131. The molecule has 2 fully saturated rings. The molecule has 1 aliphatic carbocycles. The molecule has 1 saturated carbocycles. The first kappa shape index (κ1) is 14.1. The van der Waals surface area contributed by atoms with E-state index in [-0.39, 0.29) is 6.61 Å². The number of aliphatic hydroxyl groups is 1. The molecule has 0 radical (unpaired) electrons. The largest absolute Gasteiger partial charge is 0.392 e. The third-order valence-electron chi connectivity index (χ3n) is 4.96. The van der Waals surface area contributed by atoms with Gasteiger partial charge in [0.1, 0.15) is 0 Å². The van der Waals surface area contributed by atoms with E-state index in [4.69, 9.17) is 5.11 Å². The second-order valence-corrected chi connectivity index (χ2v) is 6.26. The number of hydrogen-bond acceptors (Lipinski definition) is 3. The maximum Gasteiger partial charge on any atom is 0.0681 e. The maximum absolute atomic E-state index is 9.06. The van der Waals surface area contributed by atoms with Crippen molar-refractivity contribution in [1.29, 1.82) is 0 Å². The fourth-order valence-electron chi connectivity index (χ4n) is 3.81. The Balaban J connectivity index is 1.53. The van der Waals surface area contributed by atoms with Crippen molar-refractivity contribution in [2.24, 2.45) is 5.92 Å². The Morgan fingerprint density at radius 3 is 2.55 bits per heavy atom. The highest BCUT2D eigenvalue weighted by Crippen LogP contribution is 2.32. The van der Waals surface area contributed by atoms with E-state index in [1.54, 1.807) is 0 Å². The van der Waals surface area contributed by atoms with Crippen LogP contribution in [0.15, 0.2) is 24.3 Å². The van der Waals surface area contributed by atoms with Crippen molar-refractivity contribution in [2.75, 3.05) is 6.54 Å². The minimum atomic E-state index is 0.131. The molecule has 0 spiro atoms. The first-order valence-corrected chi connectivity index (χ1v) is 8.02. The van der Waals surface area contributed by atoms with Crippen LogP contribution in [0.5, 0.6) is 0 Å². The summed E-state index contributed by atoms with van der Waals surface area (Å²) in [5.74, 6) is 0.814. The smallest absolute Gasteiger partial charge is 0.0681 e. The summed E-state index contributed by atoms with van der Waals surface area (Å²) in [7, 11) is 0. The van der Waals surface area contributed by atoms with E-state index < -0.39 is 0 Å². The fraction of sp³-hybridized carbons (Fsp3) is 0.647. The van der Waals surface area contributed by atoms with Crippen molar-refractivity contribution in [3.8, 4) is 0 Å². The highest BCUT2D eigenvalue weighted by atomic mass is 16.3. The molecule has 3 rings (SSSR count). The molecular formula is C17H26N2O. The molecule has 3 N–H and O–H groups in total. The lowest BCUT2D eigenvalue weighted by Crippen LogP contribution is -2.41. The van der Waals surface area contributed by atoms with E-state index >= 15 is 0 Å². The van der Waals surface area contributed by atoms with Crippen molar-refractivity contribution >= 4 is 0 Å². The van der Waals surface area contributed by atoms with Gasteiger partial charge in [0.25, 0.3) is 0 Å². The monoisotopic (exact) mass is 274 g/mol. The molecule has 3 atom stereocenters. The molecule has 1 aliphatic heterocycles.